The topological polar surface area (TPSA) is 85.9 Å². The van der Waals surface area contributed by atoms with Crippen LogP contribution in [0.3, 0.4) is 0 Å². The fourth-order valence-corrected chi connectivity index (χ4v) is 2.57. The van der Waals surface area contributed by atoms with Crippen LogP contribution in [-0.4, -0.2) is 38.4 Å². The molecule has 7 heteroatoms. The molecular weight excluding hydrogens is 324 g/mol. The molecule has 0 radical (unpaired) electrons. The molecule has 7 nitrogen and oxygen atoms in total. The SMILES string of the molecule is COCCOC(=O)C1=C(C)NC(=O)NC1c1ccccc1OC(C)C. The molecule has 1 unspecified atom stereocenters. The first-order valence-corrected chi connectivity index (χ1v) is 8.14. The summed E-state index contributed by atoms with van der Waals surface area (Å²) < 4.78 is 16.0. The van der Waals surface area contributed by atoms with E-state index in [0.717, 1.165) is 0 Å². The van der Waals surface area contributed by atoms with E-state index in [1.54, 1.807) is 6.92 Å². The zero-order valence-electron chi connectivity index (χ0n) is 14.9. The van der Waals surface area contributed by atoms with Crippen molar-refractivity contribution in [3.8, 4) is 5.75 Å². The van der Waals surface area contributed by atoms with Gasteiger partial charge in [-0.15, -0.1) is 0 Å². The molecule has 0 saturated heterocycles. The van der Waals surface area contributed by atoms with Gasteiger partial charge in [0.15, 0.2) is 0 Å². The van der Waals surface area contributed by atoms with Gasteiger partial charge in [0.1, 0.15) is 12.4 Å². The molecule has 1 atom stereocenters. The number of para-hydroxylation sites is 1. The van der Waals surface area contributed by atoms with Crippen LogP contribution in [0.25, 0.3) is 0 Å². The molecule has 0 fully saturated rings. The van der Waals surface area contributed by atoms with Crippen molar-refractivity contribution >= 4 is 12.0 Å². The van der Waals surface area contributed by atoms with E-state index >= 15 is 0 Å². The van der Waals surface area contributed by atoms with Crippen LogP contribution in [0.4, 0.5) is 4.79 Å². The highest BCUT2D eigenvalue weighted by atomic mass is 16.6. The average molecular weight is 348 g/mol. The van der Waals surface area contributed by atoms with Gasteiger partial charge in [0.2, 0.25) is 0 Å². The number of hydrogen-bond donors (Lipinski definition) is 2. The van der Waals surface area contributed by atoms with Gasteiger partial charge < -0.3 is 24.8 Å². The predicted molar refractivity (Wildman–Crippen MR) is 92.1 cm³/mol. The second-order valence-electron chi connectivity index (χ2n) is 5.90. The first kappa shape index (κ1) is 18.8. The summed E-state index contributed by atoms with van der Waals surface area (Å²) in [6.45, 7) is 5.94. The highest BCUT2D eigenvalue weighted by Gasteiger charge is 2.33. The van der Waals surface area contributed by atoms with Gasteiger partial charge in [0, 0.05) is 18.4 Å². The number of carbonyl (C=O) groups excluding carboxylic acids is 2. The molecule has 1 heterocycles. The minimum absolute atomic E-state index is 0.0410. The Hall–Kier alpha value is -2.54. The summed E-state index contributed by atoms with van der Waals surface area (Å²) in [5.74, 6) is 0.103. The largest absolute Gasteiger partial charge is 0.491 e. The summed E-state index contributed by atoms with van der Waals surface area (Å²) in [5.41, 5.74) is 1.50. The molecule has 1 aliphatic heterocycles. The van der Waals surface area contributed by atoms with E-state index in [1.165, 1.54) is 7.11 Å². The van der Waals surface area contributed by atoms with E-state index in [-0.39, 0.29) is 18.7 Å². The van der Waals surface area contributed by atoms with Crippen LogP contribution in [0, 0.1) is 0 Å². The number of amides is 2. The zero-order chi connectivity index (χ0) is 18.4. The molecule has 1 aromatic rings. The Morgan fingerprint density at radius 2 is 1.96 bits per heavy atom. The standard InChI is InChI=1S/C18H24N2O5/c1-11(2)25-14-8-6-5-7-13(14)16-15(12(3)19-18(22)20-16)17(21)24-10-9-23-4/h5-8,11,16H,9-10H2,1-4H3,(H2,19,20,22). The van der Waals surface area contributed by atoms with Crippen molar-refractivity contribution in [2.45, 2.75) is 32.9 Å². The van der Waals surface area contributed by atoms with E-state index in [4.69, 9.17) is 14.2 Å². The minimum atomic E-state index is -0.654. The third-order valence-electron chi connectivity index (χ3n) is 3.60. The van der Waals surface area contributed by atoms with E-state index in [1.807, 2.05) is 38.1 Å². The second kappa shape index (κ2) is 8.53. The first-order chi connectivity index (χ1) is 11.9. The Labute approximate surface area is 147 Å². The summed E-state index contributed by atoms with van der Waals surface area (Å²) in [6, 6.07) is 6.28. The Balaban J connectivity index is 2.38. The Morgan fingerprint density at radius 3 is 2.64 bits per heavy atom. The maximum absolute atomic E-state index is 12.5. The fraction of sp³-hybridized carbons (Fsp3) is 0.444. The summed E-state index contributed by atoms with van der Waals surface area (Å²) in [7, 11) is 1.53. The lowest BCUT2D eigenvalue weighted by atomic mass is 9.95. The van der Waals surface area contributed by atoms with E-state index in [2.05, 4.69) is 10.6 Å². The molecule has 0 aliphatic carbocycles. The summed E-state index contributed by atoms with van der Waals surface area (Å²) in [6.07, 6.45) is -0.0410. The molecule has 1 aliphatic rings. The Kier molecular flexibility index (Phi) is 6.41. The van der Waals surface area contributed by atoms with Crippen molar-refractivity contribution in [3.63, 3.8) is 0 Å². The predicted octanol–water partition coefficient (Wildman–Crippen LogP) is 2.29. The van der Waals surface area contributed by atoms with Gasteiger partial charge in [0.25, 0.3) is 0 Å². The third kappa shape index (κ3) is 4.73. The fourth-order valence-electron chi connectivity index (χ4n) is 2.57. The molecule has 0 saturated carbocycles. The van der Waals surface area contributed by atoms with Crippen LogP contribution >= 0.6 is 0 Å². The maximum Gasteiger partial charge on any atom is 0.338 e. The van der Waals surface area contributed by atoms with Crippen LogP contribution in [0.5, 0.6) is 5.75 Å². The monoisotopic (exact) mass is 348 g/mol. The lowest BCUT2D eigenvalue weighted by Gasteiger charge is -2.29. The zero-order valence-corrected chi connectivity index (χ0v) is 14.9. The summed E-state index contributed by atoms with van der Waals surface area (Å²) in [5, 5.41) is 5.40. The number of ether oxygens (including phenoxy) is 3. The van der Waals surface area contributed by atoms with Crippen molar-refractivity contribution < 1.29 is 23.8 Å². The van der Waals surface area contributed by atoms with Crippen LogP contribution in [0.2, 0.25) is 0 Å². The number of urea groups is 1. The van der Waals surface area contributed by atoms with Gasteiger partial charge in [-0.1, -0.05) is 18.2 Å². The van der Waals surface area contributed by atoms with Crippen molar-refractivity contribution in [2.75, 3.05) is 20.3 Å². The lowest BCUT2D eigenvalue weighted by Crippen LogP contribution is -2.45. The molecule has 0 aromatic heterocycles. The van der Waals surface area contributed by atoms with Crippen LogP contribution in [0.1, 0.15) is 32.4 Å². The quantitative estimate of drug-likeness (QED) is 0.583. The van der Waals surface area contributed by atoms with E-state index < -0.39 is 12.0 Å². The van der Waals surface area contributed by atoms with Crippen molar-refractivity contribution in [2.24, 2.45) is 0 Å². The minimum Gasteiger partial charge on any atom is -0.491 e. The number of nitrogens with one attached hydrogen (secondary N) is 2. The summed E-state index contributed by atoms with van der Waals surface area (Å²) >= 11 is 0. The van der Waals surface area contributed by atoms with Gasteiger partial charge in [-0.05, 0) is 26.8 Å². The molecule has 25 heavy (non-hydrogen) atoms. The van der Waals surface area contributed by atoms with Crippen molar-refractivity contribution in [3.05, 3.63) is 41.1 Å². The normalized spacial score (nSPS) is 17.2. The number of carbonyl (C=O) groups is 2. The molecule has 136 valence electrons. The first-order valence-electron chi connectivity index (χ1n) is 8.14. The lowest BCUT2D eigenvalue weighted by molar-refractivity contribution is -0.140. The average Bonchev–Trinajstić information content (AvgIpc) is 2.54. The van der Waals surface area contributed by atoms with Crippen LogP contribution in [0.15, 0.2) is 35.5 Å². The number of allylic oxidation sites excluding steroid dienone is 1. The van der Waals surface area contributed by atoms with Crippen molar-refractivity contribution in [1.29, 1.82) is 0 Å². The number of hydrogen-bond acceptors (Lipinski definition) is 5. The molecular formula is C18H24N2O5. The number of methoxy groups -OCH3 is 1. The van der Waals surface area contributed by atoms with Gasteiger partial charge in [-0.3, -0.25) is 0 Å². The molecule has 2 rings (SSSR count). The van der Waals surface area contributed by atoms with Crippen LogP contribution in [-0.2, 0) is 14.3 Å². The highest BCUT2D eigenvalue weighted by Crippen LogP contribution is 2.33. The molecule has 1 aromatic carbocycles. The highest BCUT2D eigenvalue weighted by molar-refractivity contribution is 5.95. The Morgan fingerprint density at radius 1 is 1.24 bits per heavy atom. The van der Waals surface area contributed by atoms with Crippen LogP contribution < -0.4 is 15.4 Å². The Bertz CT molecular complexity index is 669. The number of esters is 1. The molecule has 2 N–H and O–H groups in total. The maximum atomic E-state index is 12.5. The molecule has 0 bridgehead atoms. The van der Waals surface area contributed by atoms with E-state index in [0.29, 0.717) is 29.2 Å². The summed E-state index contributed by atoms with van der Waals surface area (Å²) in [4.78, 5) is 24.5. The number of benzene rings is 1. The smallest absolute Gasteiger partial charge is 0.338 e. The van der Waals surface area contributed by atoms with Gasteiger partial charge in [0.05, 0.1) is 24.3 Å². The number of rotatable bonds is 7. The van der Waals surface area contributed by atoms with Gasteiger partial charge >= 0.3 is 12.0 Å². The second-order valence-corrected chi connectivity index (χ2v) is 5.90. The van der Waals surface area contributed by atoms with Crippen molar-refractivity contribution in [1.82, 2.24) is 10.6 Å². The third-order valence-corrected chi connectivity index (χ3v) is 3.60. The van der Waals surface area contributed by atoms with Gasteiger partial charge in [-0.2, -0.15) is 0 Å². The molecule has 2 amide bonds. The van der Waals surface area contributed by atoms with Gasteiger partial charge in [-0.25, -0.2) is 9.59 Å². The molecule has 0 spiro atoms. The van der Waals surface area contributed by atoms with E-state index in [9.17, 15) is 9.59 Å².